The van der Waals surface area contributed by atoms with E-state index in [0.717, 1.165) is 17.8 Å². The zero-order valence-corrected chi connectivity index (χ0v) is 14.1. The number of azo groups is 1. The summed E-state index contributed by atoms with van der Waals surface area (Å²) in [4.78, 5) is 11.6. The second-order valence-corrected chi connectivity index (χ2v) is 5.50. The van der Waals surface area contributed by atoms with Crippen molar-refractivity contribution in [2.45, 2.75) is 12.6 Å². The van der Waals surface area contributed by atoms with Crippen molar-refractivity contribution >= 4 is 22.7 Å². The third-order valence-electron chi connectivity index (χ3n) is 3.62. The summed E-state index contributed by atoms with van der Waals surface area (Å²) in [5, 5.41) is 26.6. The molecule has 140 valence electrons. The summed E-state index contributed by atoms with van der Waals surface area (Å²) in [6.45, 7) is 0.537. The molecule has 0 aliphatic heterocycles. The lowest BCUT2D eigenvalue weighted by Crippen LogP contribution is -2.17. The maximum absolute atomic E-state index is 13.1. The SMILES string of the molecule is CN(CCC#N)c1ccc(N=Nc2ccc([N+](=O)[O-])cc2C(F)(F)F)cc1. The number of nitriles is 1. The van der Waals surface area contributed by atoms with Crippen LogP contribution in [0.25, 0.3) is 0 Å². The van der Waals surface area contributed by atoms with Crippen molar-refractivity contribution in [1.82, 2.24) is 0 Å². The summed E-state index contributed by atoms with van der Waals surface area (Å²) in [6, 6.07) is 10.9. The van der Waals surface area contributed by atoms with Gasteiger partial charge in [-0.1, -0.05) is 0 Å². The number of hydrogen-bond donors (Lipinski definition) is 0. The first kappa shape index (κ1) is 19.8. The highest BCUT2D eigenvalue weighted by molar-refractivity contribution is 5.55. The molecule has 7 nitrogen and oxygen atoms in total. The Labute approximate surface area is 152 Å². The van der Waals surface area contributed by atoms with Crippen LogP contribution in [-0.4, -0.2) is 18.5 Å². The average molecular weight is 377 g/mol. The predicted octanol–water partition coefficient (Wildman–Crippen LogP) is 5.38. The van der Waals surface area contributed by atoms with Crippen LogP contribution in [0.4, 0.5) is 35.9 Å². The number of rotatable bonds is 6. The Morgan fingerprint density at radius 1 is 1.19 bits per heavy atom. The summed E-state index contributed by atoms with van der Waals surface area (Å²) in [5.41, 5.74) is -1.28. The van der Waals surface area contributed by atoms with Crippen molar-refractivity contribution in [2.24, 2.45) is 10.2 Å². The number of halogens is 3. The Balaban J connectivity index is 2.25. The second kappa shape index (κ2) is 8.27. The van der Waals surface area contributed by atoms with Crippen LogP contribution < -0.4 is 4.90 Å². The van der Waals surface area contributed by atoms with Gasteiger partial charge in [-0.3, -0.25) is 10.1 Å². The lowest BCUT2D eigenvalue weighted by atomic mass is 10.1. The monoisotopic (exact) mass is 377 g/mol. The summed E-state index contributed by atoms with van der Waals surface area (Å²) in [6.07, 6.45) is -4.44. The lowest BCUT2D eigenvalue weighted by Gasteiger charge is -2.17. The first-order valence-electron chi connectivity index (χ1n) is 7.68. The Morgan fingerprint density at radius 3 is 2.41 bits per heavy atom. The fraction of sp³-hybridized carbons (Fsp3) is 0.235. The zero-order chi connectivity index (χ0) is 20.0. The molecule has 2 aromatic rings. The van der Waals surface area contributed by atoms with Gasteiger partial charge in [-0.2, -0.15) is 23.5 Å². The molecule has 27 heavy (non-hydrogen) atoms. The number of non-ortho nitro benzene ring substituents is 1. The van der Waals surface area contributed by atoms with Crippen LogP contribution in [0.15, 0.2) is 52.7 Å². The maximum Gasteiger partial charge on any atom is 0.418 e. The van der Waals surface area contributed by atoms with E-state index in [4.69, 9.17) is 5.26 Å². The molecule has 0 amide bonds. The average Bonchev–Trinajstić information content (AvgIpc) is 2.63. The number of nitro benzene ring substituents is 1. The Morgan fingerprint density at radius 2 is 1.85 bits per heavy atom. The van der Waals surface area contributed by atoms with E-state index in [0.29, 0.717) is 24.7 Å². The van der Waals surface area contributed by atoms with Gasteiger partial charge in [-0.25, -0.2) is 0 Å². The van der Waals surface area contributed by atoms with Crippen molar-refractivity contribution in [2.75, 3.05) is 18.5 Å². The molecule has 0 bridgehead atoms. The van der Waals surface area contributed by atoms with E-state index in [-0.39, 0.29) is 0 Å². The molecule has 0 aromatic heterocycles. The normalized spacial score (nSPS) is 11.4. The van der Waals surface area contributed by atoms with E-state index in [1.54, 1.807) is 31.3 Å². The van der Waals surface area contributed by atoms with E-state index < -0.39 is 28.0 Å². The first-order valence-corrected chi connectivity index (χ1v) is 7.68. The topological polar surface area (TPSA) is 94.9 Å². The zero-order valence-electron chi connectivity index (χ0n) is 14.1. The Hall–Kier alpha value is -3.48. The van der Waals surface area contributed by atoms with Crippen molar-refractivity contribution in [3.63, 3.8) is 0 Å². The largest absolute Gasteiger partial charge is 0.418 e. The predicted molar refractivity (Wildman–Crippen MR) is 92.2 cm³/mol. The molecule has 0 fully saturated rings. The third kappa shape index (κ3) is 5.24. The lowest BCUT2D eigenvalue weighted by molar-refractivity contribution is -0.385. The molecule has 0 spiro atoms. The van der Waals surface area contributed by atoms with Crippen LogP contribution in [0.5, 0.6) is 0 Å². The highest BCUT2D eigenvalue weighted by Crippen LogP contribution is 2.39. The van der Waals surface area contributed by atoms with Crippen LogP contribution >= 0.6 is 0 Å². The number of benzene rings is 2. The van der Waals surface area contributed by atoms with Crippen LogP contribution in [0.3, 0.4) is 0 Å². The van der Waals surface area contributed by atoms with Gasteiger partial charge in [0.2, 0.25) is 0 Å². The van der Waals surface area contributed by atoms with E-state index in [9.17, 15) is 23.3 Å². The Kier molecular flexibility index (Phi) is 6.07. The molecule has 0 heterocycles. The van der Waals surface area contributed by atoms with Crippen LogP contribution in [-0.2, 0) is 6.18 Å². The smallest absolute Gasteiger partial charge is 0.374 e. The van der Waals surface area contributed by atoms with Gasteiger partial charge >= 0.3 is 6.18 Å². The summed E-state index contributed by atoms with van der Waals surface area (Å²) >= 11 is 0. The minimum Gasteiger partial charge on any atom is -0.374 e. The van der Waals surface area contributed by atoms with E-state index in [1.807, 2.05) is 11.0 Å². The van der Waals surface area contributed by atoms with Gasteiger partial charge in [-0.15, -0.1) is 5.11 Å². The van der Waals surface area contributed by atoms with Crippen molar-refractivity contribution in [3.8, 4) is 6.07 Å². The van der Waals surface area contributed by atoms with E-state index in [2.05, 4.69) is 10.2 Å². The molecule has 0 radical (unpaired) electrons. The molecule has 2 aromatic carbocycles. The van der Waals surface area contributed by atoms with Gasteiger partial charge in [-0.05, 0) is 30.3 Å². The molecule has 0 atom stereocenters. The highest BCUT2D eigenvalue weighted by Gasteiger charge is 2.35. The molecule has 0 N–H and O–H groups in total. The number of hydrogen-bond acceptors (Lipinski definition) is 6. The summed E-state index contributed by atoms with van der Waals surface area (Å²) < 4.78 is 39.3. The van der Waals surface area contributed by atoms with Crippen molar-refractivity contribution in [3.05, 3.63) is 58.1 Å². The van der Waals surface area contributed by atoms with Crippen LogP contribution in [0.2, 0.25) is 0 Å². The van der Waals surface area contributed by atoms with Crippen LogP contribution in [0, 0.1) is 21.4 Å². The minimum absolute atomic E-state index is 0.318. The molecule has 0 aliphatic rings. The van der Waals surface area contributed by atoms with Crippen LogP contribution in [0.1, 0.15) is 12.0 Å². The number of nitrogens with zero attached hydrogens (tertiary/aromatic N) is 5. The molecular weight excluding hydrogens is 363 g/mol. The van der Waals surface area contributed by atoms with E-state index in [1.165, 1.54) is 0 Å². The third-order valence-corrected chi connectivity index (χ3v) is 3.62. The molecule has 0 unspecified atom stereocenters. The van der Waals surface area contributed by atoms with Crippen molar-refractivity contribution in [1.29, 1.82) is 5.26 Å². The Bertz CT molecular complexity index is 889. The maximum atomic E-state index is 13.1. The minimum atomic E-state index is -4.80. The van der Waals surface area contributed by atoms with Gasteiger partial charge in [0.05, 0.1) is 34.4 Å². The van der Waals surface area contributed by atoms with Crippen molar-refractivity contribution < 1.29 is 18.1 Å². The number of nitro groups is 1. The number of alkyl halides is 3. The molecule has 0 saturated carbocycles. The first-order chi connectivity index (χ1) is 12.7. The van der Waals surface area contributed by atoms with Gasteiger partial charge in [0, 0.05) is 31.4 Å². The quantitative estimate of drug-likeness (QED) is 0.384. The van der Waals surface area contributed by atoms with Gasteiger partial charge in [0.25, 0.3) is 5.69 Å². The molecule has 0 aliphatic carbocycles. The van der Waals surface area contributed by atoms with Gasteiger partial charge in [0.15, 0.2) is 0 Å². The standard InChI is InChI=1S/C17H14F3N5O2/c1-24(10-2-9-21)13-5-3-12(4-6-13)22-23-16-8-7-14(25(26)27)11-15(16)17(18,19)20/h3-8,11H,2,10H2,1H3. The van der Waals surface area contributed by atoms with E-state index >= 15 is 0 Å². The van der Waals surface area contributed by atoms with Gasteiger partial charge < -0.3 is 4.90 Å². The molecule has 2 rings (SSSR count). The molecule has 10 heteroatoms. The fourth-order valence-corrected chi connectivity index (χ4v) is 2.18. The molecular formula is C17H14F3N5O2. The summed E-state index contributed by atoms with van der Waals surface area (Å²) in [5.74, 6) is 0. The number of anilines is 1. The fourth-order valence-electron chi connectivity index (χ4n) is 2.18. The summed E-state index contributed by atoms with van der Waals surface area (Å²) in [7, 11) is 1.81. The molecule has 0 saturated heterocycles. The van der Waals surface area contributed by atoms with Gasteiger partial charge in [0.1, 0.15) is 0 Å². The second-order valence-electron chi connectivity index (χ2n) is 5.50. The highest BCUT2D eigenvalue weighted by atomic mass is 19.4.